The molecule has 1 aliphatic heterocycles. The Hall–Kier alpha value is -1.59. The number of aliphatic imine (C=N–C) groups is 1. The maximum absolute atomic E-state index is 12.9. The van der Waals surface area contributed by atoms with Gasteiger partial charge in [0.2, 0.25) is 0 Å². The second-order valence-electron chi connectivity index (χ2n) is 7.16. The van der Waals surface area contributed by atoms with Gasteiger partial charge in [-0.05, 0) is 61.1 Å². The van der Waals surface area contributed by atoms with Crippen molar-refractivity contribution in [2.45, 2.75) is 30.9 Å². The first-order valence-corrected chi connectivity index (χ1v) is 11.3. The summed E-state index contributed by atoms with van der Waals surface area (Å²) in [5, 5.41) is 6.70. The molecule has 2 heterocycles. The highest BCUT2D eigenvalue weighted by atomic mass is 127. The summed E-state index contributed by atoms with van der Waals surface area (Å²) in [6.45, 7) is 6.06. The fraction of sp³-hybridized carbons (Fsp3) is 0.455. The van der Waals surface area contributed by atoms with Crippen LogP contribution >= 0.6 is 35.7 Å². The molecule has 0 radical (unpaired) electrons. The summed E-state index contributed by atoms with van der Waals surface area (Å²) < 4.78 is 18.6. The van der Waals surface area contributed by atoms with E-state index in [0.29, 0.717) is 6.54 Å². The quantitative estimate of drug-likeness (QED) is 0.168. The molecule has 0 amide bonds. The van der Waals surface area contributed by atoms with Gasteiger partial charge < -0.3 is 20.3 Å². The predicted molar refractivity (Wildman–Crippen MR) is 137 cm³/mol. The number of guanidine groups is 1. The van der Waals surface area contributed by atoms with Gasteiger partial charge in [-0.15, -0.1) is 35.7 Å². The normalized spacial score (nSPS) is 16.5. The van der Waals surface area contributed by atoms with E-state index in [0.717, 1.165) is 60.7 Å². The highest BCUT2D eigenvalue weighted by Crippen LogP contribution is 2.18. The van der Waals surface area contributed by atoms with E-state index < -0.39 is 0 Å². The summed E-state index contributed by atoms with van der Waals surface area (Å²) in [5.74, 6) is 2.53. The summed E-state index contributed by atoms with van der Waals surface area (Å²) in [6, 6.07) is 10.8. The minimum absolute atomic E-state index is 0. The van der Waals surface area contributed by atoms with Crippen LogP contribution in [0.1, 0.15) is 18.9 Å². The van der Waals surface area contributed by atoms with Crippen LogP contribution in [0.25, 0.3) is 0 Å². The second-order valence-corrected chi connectivity index (χ2v) is 8.33. The van der Waals surface area contributed by atoms with Gasteiger partial charge in [0.05, 0.1) is 12.7 Å². The van der Waals surface area contributed by atoms with Crippen LogP contribution < -0.4 is 15.5 Å². The molecule has 0 bridgehead atoms. The molecule has 31 heavy (non-hydrogen) atoms. The Balaban J connectivity index is 0.00000341. The molecule has 1 saturated heterocycles. The largest absolute Gasteiger partial charge is 0.375 e. The molecule has 0 saturated carbocycles. The van der Waals surface area contributed by atoms with Gasteiger partial charge in [0.25, 0.3) is 0 Å². The molecular weight excluding hydrogens is 528 g/mol. The van der Waals surface area contributed by atoms with Crippen molar-refractivity contribution in [1.29, 1.82) is 0 Å². The van der Waals surface area contributed by atoms with Crippen molar-refractivity contribution in [2.24, 2.45) is 4.99 Å². The Morgan fingerprint density at radius 3 is 2.84 bits per heavy atom. The van der Waals surface area contributed by atoms with Crippen molar-refractivity contribution in [1.82, 2.24) is 15.6 Å². The first-order valence-electron chi connectivity index (χ1n) is 10.3. The molecule has 3 rings (SSSR count). The van der Waals surface area contributed by atoms with Gasteiger partial charge in [0.1, 0.15) is 11.6 Å². The van der Waals surface area contributed by atoms with Gasteiger partial charge in [-0.2, -0.15) is 0 Å². The van der Waals surface area contributed by atoms with E-state index in [9.17, 15) is 4.39 Å². The van der Waals surface area contributed by atoms with Crippen LogP contribution in [0.4, 0.5) is 10.2 Å². The summed E-state index contributed by atoms with van der Waals surface area (Å²) in [5.41, 5.74) is 1.16. The molecular formula is C22H31FIN5OS. The lowest BCUT2D eigenvalue weighted by atomic mass is 10.2. The molecule has 1 atom stereocenters. The van der Waals surface area contributed by atoms with Gasteiger partial charge in [0.15, 0.2) is 5.96 Å². The van der Waals surface area contributed by atoms with Crippen molar-refractivity contribution < 1.29 is 9.13 Å². The topological polar surface area (TPSA) is 61.8 Å². The molecule has 9 heteroatoms. The second kappa shape index (κ2) is 13.7. The van der Waals surface area contributed by atoms with Crippen molar-refractivity contribution in [3.05, 3.63) is 54.0 Å². The number of hydrogen-bond acceptors (Lipinski definition) is 5. The van der Waals surface area contributed by atoms with Crippen LogP contribution in [0, 0.1) is 5.82 Å². The summed E-state index contributed by atoms with van der Waals surface area (Å²) >= 11 is 1.73. The number of halogens is 2. The van der Waals surface area contributed by atoms with E-state index in [-0.39, 0.29) is 35.9 Å². The zero-order chi connectivity index (χ0) is 21.2. The number of nitrogens with one attached hydrogen (secondary N) is 2. The average Bonchev–Trinajstić information content (AvgIpc) is 2.77. The molecule has 1 aromatic heterocycles. The van der Waals surface area contributed by atoms with Gasteiger partial charge in [0, 0.05) is 44.3 Å². The van der Waals surface area contributed by atoms with Crippen LogP contribution in [0.3, 0.4) is 0 Å². The number of ether oxygens (including phenoxy) is 1. The number of aromatic nitrogens is 1. The fourth-order valence-electron chi connectivity index (χ4n) is 3.18. The number of anilines is 1. The Morgan fingerprint density at radius 2 is 2.10 bits per heavy atom. The first-order chi connectivity index (χ1) is 14.6. The Labute approximate surface area is 205 Å². The smallest absolute Gasteiger partial charge is 0.191 e. The molecule has 1 aliphatic rings. The number of hydrogen-bond donors (Lipinski definition) is 2. The van der Waals surface area contributed by atoms with E-state index in [4.69, 9.17) is 4.74 Å². The molecule has 1 aromatic carbocycles. The predicted octanol–water partition coefficient (Wildman–Crippen LogP) is 3.91. The molecule has 170 valence electrons. The first kappa shape index (κ1) is 25.7. The molecule has 0 aliphatic carbocycles. The number of nitrogens with zero attached hydrogens (tertiary/aromatic N) is 3. The summed E-state index contributed by atoms with van der Waals surface area (Å²) in [6.07, 6.45) is 3.07. The van der Waals surface area contributed by atoms with E-state index in [1.807, 2.05) is 24.4 Å². The third-order valence-corrected chi connectivity index (χ3v) is 5.85. The molecule has 0 spiro atoms. The fourth-order valence-corrected chi connectivity index (χ4v) is 4.03. The summed E-state index contributed by atoms with van der Waals surface area (Å²) in [4.78, 5) is 12.2. The molecule has 1 unspecified atom stereocenters. The highest BCUT2D eigenvalue weighted by molar-refractivity contribution is 14.0. The third-order valence-electron chi connectivity index (χ3n) is 4.75. The van der Waals surface area contributed by atoms with Crippen LogP contribution in [0.15, 0.2) is 52.5 Å². The zero-order valence-corrected chi connectivity index (χ0v) is 21.2. The van der Waals surface area contributed by atoms with Crippen molar-refractivity contribution >= 4 is 47.5 Å². The molecule has 2 N–H and O–H groups in total. The standard InChI is InChI=1S/C22H30FN5OS.HI/c1-17-16-28(11-12-29-17)21-14-18(8-10-25-21)15-27-22(24-2)26-9-3-13-30-20-6-4-19(23)5-7-20;/h4-8,10,14,17H,3,9,11-13,15-16H2,1-2H3,(H2,24,26,27);1H. The number of benzene rings is 1. The maximum atomic E-state index is 12.9. The maximum Gasteiger partial charge on any atom is 0.191 e. The van der Waals surface area contributed by atoms with Gasteiger partial charge >= 0.3 is 0 Å². The third kappa shape index (κ3) is 8.82. The van der Waals surface area contributed by atoms with Crippen molar-refractivity contribution in [2.75, 3.05) is 43.9 Å². The Kier molecular flexibility index (Phi) is 11.4. The van der Waals surface area contributed by atoms with E-state index >= 15 is 0 Å². The van der Waals surface area contributed by atoms with Gasteiger partial charge in [-0.1, -0.05) is 0 Å². The average molecular weight is 559 g/mol. The molecule has 6 nitrogen and oxygen atoms in total. The monoisotopic (exact) mass is 559 g/mol. The van der Waals surface area contributed by atoms with Crippen LogP contribution in [0.2, 0.25) is 0 Å². The zero-order valence-electron chi connectivity index (χ0n) is 18.0. The summed E-state index contributed by atoms with van der Waals surface area (Å²) in [7, 11) is 1.77. The van der Waals surface area contributed by atoms with Crippen molar-refractivity contribution in [3.63, 3.8) is 0 Å². The number of pyridine rings is 1. The number of morpholine rings is 1. The van der Waals surface area contributed by atoms with Gasteiger partial charge in [-0.25, -0.2) is 9.37 Å². The molecule has 2 aromatic rings. The minimum Gasteiger partial charge on any atom is -0.375 e. The Bertz CT molecular complexity index is 824. The van der Waals surface area contributed by atoms with E-state index in [1.54, 1.807) is 18.8 Å². The van der Waals surface area contributed by atoms with Crippen molar-refractivity contribution in [3.8, 4) is 0 Å². The highest BCUT2D eigenvalue weighted by Gasteiger charge is 2.18. The minimum atomic E-state index is -0.197. The van der Waals surface area contributed by atoms with Crippen LogP contribution in [-0.4, -0.2) is 56.1 Å². The number of rotatable bonds is 8. The van der Waals surface area contributed by atoms with E-state index in [2.05, 4.69) is 38.5 Å². The lowest BCUT2D eigenvalue weighted by Gasteiger charge is -2.32. The molecule has 1 fully saturated rings. The van der Waals surface area contributed by atoms with Gasteiger partial charge in [-0.3, -0.25) is 4.99 Å². The van der Waals surface area contributed by atoms with E-state index in [1.165, 1.54) is 12.1 Å². The lowest BCUT2D eigenvalue weighted by Crippen LogP contribution is -2.41. The SMILES string of the molecule is CN=C(NCCCSc1ccc(F)cc1)NCc1ccnc(N2CCOC(C)C2)c1.I. The Morgan fingerprint density at radius 1 is 1.29 bits per heavy atom. The van der Waals surface area contributed by atoms with Crippen LogP contribution in [0.5, 0.6) is 0 Å². The number of thioether (sulfide) groups is 1. The lowest BCUT2D eigenvalue weighted by molar-refractivity contribution is 0.0529. The van der Waals surface area contributed by atoms with Crippen LogP contribution in [-0.2, 0) is 11.3 Å².